The molecule has 4 N–H and O–H groups in total. The van der Waals surface area contributed by atoms with Gasteiger partial charge in [0.1, 0.15) is 23.6 Å². The number of nitrogens with two attached hydrogens (primary N) is 1. The number of rotatable bonds is 5. The maximum absolute atomic E-state index is 13.3. The minimum atomic E-state index is -0.411. The number of aromatic amines is 1. The smallest absolute Gasteiger partial charge is 0.390 e. The zero-order valence-electron chi connectivity index (χ0n) is 18.0. The molecular formula is C22H21N8O3+. The summed E-state index contributed by atoms with van der Waals surface area (Å²) in [7, 11) is 0. The lowest BCUT2D eigenvalue weighted by Crippen LogP contribution is -2.44. The van der Waals surface area contributed by atoms with Crippen molar-refractivity contribution in [3.8, 4) is 22.4 Å². The number of aliphatic hydroxyl groups excluding tert-OH is 1. The average Bonchev–Trinajstić information content (AvgIpc) is 3.37. The molecule has 0 spiro atoms. The van der Waals surface area contributed by atoms with Crippen molar-refractivity contribution in [1.82, 2.24) is 30.1 Å². The van der Waals surface area contributed by atoms with Gasteiger partial charge in [0.15, 0.2) is 0 Å². The molecule has 1 aromatic carbocycles. The van der Waals surface area contributed by atoms with E-state index >= 15 is 0 Å². The third kappa shape index (κ3) is 3.53. The number of benzene rings is 1. The summed E-state index contributed by atoms with van der Waals surface area (Å²) in [6.45, 7) is 3.49. The van der Waals surface area contributed by atoms with Crippen molar-refractivity contribution in [3.05, 3.63) is 75.7 Å². The fraction of sp³-hybridized carbons (Fsp3) is 0.182. The Morgan fingerprint density at radius 1 is 1.12 bits per heavy atom. The highest BCUT2D eigenvalue weighted by molar-refractivity contribution is 5.88. The first kappa shape index (κ1) is 20.5. The van der Waals surface area contributed by atoms with Gasteiger partial charge in [-0.1, -0.05) is 40.6 Å². The zero-order chi connectivity index (χ0) is 23.1. The summed E-state index contributed by atoms with van der Waals surface area (Å²) in [5.74, 6) is 0.0377. The van der Waals surface area contributed by atoms with E-state index in [0.717, 1.165) is 16.8 Å². The summed E-state index contributed by atoms with van der Waals surface area (Å²) < 4.78 is 7.45. The third-order valence-corrected chi connectivity index (χ3v) is 5.37. The molecule has 0 amide bonds. The van der Waals surface area contributed by atoms with Crippen LogP contribution >= 0.6 is 0 Å². The zero-order valence-corrected chi connectivity index (χ0v) is 18.0. The van der Waals surface area contributed by atoms with Gasteiger partial charge in [0.05, 0.1) is 17.9 Å². The van der Waals surface area contributed by atoms with Crippen LogP contribution in [0.15, 0.2) is 51.9 Å². The number of hydrogen-bond donors (Lipinski definition) is 3. The fourth-order valence-electron chi connectivity index (χ4n) is 3.85. The minimum Gasteiger partial charge on any atom is -0.390 e. The largest absolute Gasteiger partial charge is 0.428 e. The number of nitrogens with one attached hydrogen (secondary N) is 1. The van der Waals surface area contributed by atoms with Gasteiger partial charge in [0.25, 0.3) is 0 Å². The topological polar surface area (TPSA) is 153 Å². The number of aryl methyl sites for hydroxylation is 2. The summed E-state index contributed by atoms with van der Waals surface area (Å²) in [6.07, 6.45) is 0. The molecule has 0 atom stereocenters. The van der Waals surface area contributed by atoms with Gasteiger partial charge >= 0.3 is 11.6 Å². The van der Waals surface area contributed by atoms with Crippen LogP contribution in [0.5, 0.6) is 0 Å². The number of hydrogen-bond acceptors (Lipinski definition) is 8. The van der Waals surface area contributed by atoms with Crippen LogP contribution in [0.4, 0.5) is 5.95 Å². The van der Waals surface area contributed by atoms with Crippen molar-refractivity contribution in [2.24, 2.45) is 0 Å². The van der Waals surface area contributed by atoms with Crippen molar-refractivity contribution in [2.75, 3.05) is 5.73 Å². The summed E-state index contributed by atoms with van der Waals surface area (Å²) in [5.41, 5.74) is 11.4. The van der Waals surface area contributed by atoms with Crippen LogP contribution < -0.4 is 15.8 Å². The molecule has 11 heteroatoms. The summed E-state index contributed by atoms with van der Waals surface area (Å²) in [6, 6.07) is 13.2. The molecule has 4 heterocycles. The molecular weight excluding hydrogens is 424 g/mol. The molecule has 0 radical (unpaired) electrons. The van der Waals surface area contributed by atoms with Crippen LogP contribution in [0.25, 0.3) is 28.0 Å². The first-order valence-corrected chi connectivity index (χ1v) is 10.2. The average molecular weight is 445 g/mol. The molecule has 0 bridgehead atoms. The number of anilines is 1. The summed E-state index contributed by atoms with van der Waals surface area (Å²) >= 11 is 0. The summed E-state index contributed by atoms with van der Waals surface area (Å²) in [5, 5.41) is 20.5. The highest BCUT2D eigenvalue weighted by Gasteiger charge is 2.26. The van der Waals surface area contributed by atoms with E-state index in [9.17, 15) is 9.90 Å². The predicted molar refractivity (Wildman–Crippen MR) is 118 cm³/mol. The molecule has 0 saturated carbocycles. The monoisotopic (exact) mass is 445 g/mol. The van der Waals surface area contributed by atoms with E-state index in [1.54, 1.807) is 13.0 Å². The Morgan fingerprint density at radius 3 is 2.61 bits per heavy atom. The van der Waals surface area contributed by atoms with Crippen LogP contribution in [0.2, 0.25) is 0 Å². The maximum Gasteiger partial charge on any atom is 0.428 e. The quantitative estimate of drug-likeness (QED) is 0.341. The molecule has 5 aromatic rings. The van der Waals surface area contributed by atoms with Gasteiger partial charge in [-0.05, 0) is 31.5 Å². The van der Waals surface area contributed by atoms with E-state index in [2.05, 4.69) is 25.4 Å². The van der Waals surface area contributed by atoms with Crippen molar-refractivity contribution in [3.63, 3.8) is 0 Å². The highest BCUT2D eigenvalue weighted by Crippen LogP contribution is 2.33. The molecule has 0 aliphatic rings. The Labute approximate surface area is 187 Å². The number of aliphatic hydroxyl groups is 1. The fourth-order valence-corrected chi connectivity index (χ4v) is 3.85. The number of nitrogens with zero attached hydrogens (tertiary/aromatic N) is 6. The van der Waals surface area contributed by atoms with Crippen molar-refractivity contribution in [1.29, 1.82) is 0 Å². The SMILES string of the molecule is Cc1cc(-c2c(-c3ccccc3)nc(N)[n+]3c(=O)n(Cc4nonc4C)[nH]c23)cc(CO)n1. The van der Waals surface area contributed by atoms with Gasteiger partial charge in [-0.3, -0.25) is 4.98 Å². The van der Waals surface area contributed by atoms with E-state index < -0.39 is 5.69 Å². The molecule has 33 heavy (non-hydrogen) atoms. The van der Waals surface area contributed by atoms with Crippen molar-refractivity contribution < 1.29 is 14.1 Å². The van der Waals surface area contributed by atoms with Gasteiger partial charge < -0.3 is 10.8 Å². The number of aromatic nitrogens is 7. The highest BCUT2D eigenvalue weighted by atomic mass is 16.6. The normalized spacial score (nSPS) is 11.4. The Bertz CT molecular complexity index is 1540. The lowest BCUT2D eigenvalue weighted by atomic mass is 9.99. The first-order valence-electron chi connectivity index (χ1n) is 10.2. The second-order valence-corrected chi connectivity index (χ2v) is 7.67. The standard InChI is InChI=1S/C22H20N8O3/c1-12-8-15(9-16(11-31)24-12)18-19(14-6-4-3-5-7-14)25-21(23)30-20(18)26-29(22(30)32)10-17-13(2)27-33-28-17/h3-9,31H,10-11H2,1-2H3,(H2,23,24,25,26)/p+1. The van der Waals surface area contributed by atoms with Crippen molar-refractivity contribution in [2.45, 2.75) is 27.0 Å². The van der Waals surface area contributed by atoms with Gasteiger partial charge in [0.2, 0.25) is 5.65 Å². The molecule has 4 aromatic heterocycles. The van der Waals surface area contributed by atoms with Crippen LogP contribution in [0, 0.1) is 13.8 Å². The Kier molecular flexibility index (Phi) is 4.94. The lowest BCUT2D eigenvalue weighted by molar-refractivity contribution is -0.516. The van der Waals surface area contributed by atoms with Crippen LogP contribution in [0.3, 0.4) is 0 Å². The molecule has 166 valence electrons. The Balaban J connectivity index is 1.84. The van der Waals surface area contributed by atoms with Crippen LogP contribution in [-0.4, -0.2) is 35.2 Å². The molecule has 0 unspecified atom stereocenters. The maximum atomic E-state index is 13.3. The van der Waals surface area contributed by atoms with Gasteiger partial charge in [-0.25, -0.2) is 14.5 Å². The van der Waals surface area contributed by atoms with Crippen LogP contribution in [-0.2, 0) is 13.2 Å². The lowest BCUT2D eigenvalue weighted by Gasteiger charge is -2.10. The predicted octanol–water partition coefficient (Wildman–Crippen LogP) is 1.16. The van der Waals surface area contributed by atoms with Crippen molar-refractivity contribution >= 4 is 11.6 Å². The second-order valence-electron chi connectivity index (χ2n) is 7.67. The molecule has 0 aliphatic carbocycles. The van der Waals surface area contributed by atoms with Gasteiger partial charge in [-0.15, -0.1) is 9.38 Å². The van der Waals surface area contributed by atoms with E-state index in [4.69, 9.17) is 10.4 Å². The van der Waals surface area contributed by atoms with E-state index in [1.807, 2.05) is 43.3 Å². The van der Waals surface area contributed by atoms with E-state index in [1.165, 1.54) is 9.08 Å². The molecule has 11 nitrogen and oxygen atoms in total. The Morgan fingerprint density at radius 2 is 1.91 bits per heavy atom. The number of pyridine rings is 1. The Hall–Kier alpha value is -4.38. The van der Waals surface area contributed by atoms with E-state index in [-0.39, 0.29) is 19.1 Å². The van der Waals surface area contributed by atoms with E-state index in [0.29, 0.717) is 34.0 Å². The molecule has 0 fully saturated rings. The van der Waals surface area contributed by atoms with Gasteiger partial charge in [-0.2, -0.15) is 4.68 Å². The number of fused-ring (bicyclic) bond motifs is 1. The second kappa shape index (κ2) is 7.95. The molecule has 5 rings (SSSR count). The van der Waals surface area contributed by atoms with Crippen LogP contribution in [0.1, 0.15) is 22.8 Å². The molecule has 0 saturated heterocycles. The first-order chi connectivity index (χ1) is 16.0. The third-order valence-electron chi connectivity index (χ3n) is 5.37. The summed E-state index contributed by atoms with van der Waals surface area (Å²) in [4.78, 5) is 22.2. The number of nitrogen functional groups attached to an aromatic ring is 1. The number of H-pyrrole nitrogens is 1. The van der Waals surface area contributed by atoms with Gasteiger partial charge in [0, 0.05) is 11.3 Å². The minimum absolute atomic E-state index is 0.0377. The molecule has 0 aliphatic heterocycles.